The second kappa shape index (κ2) is 8.25. The van der Waals surface area contributed by atoms with Crippen LogP contribution in [0.2, 0.25) is 0 Å². The molecule has 3 N–H and O–H groups in total. The summed E-state index contributed by atoms with van der Waals surface area (Å²) in [7, 11) is 0. The minimum absolute atomic E-state index is 0.111. The number of carbonyl (C=O) groups excluding carboxylic acids is 1. The van der Waals surface area contributed by atoms with Crippen molar-refractivity contribution in [3.05, 3.63) is 95.1 Å². The van der Waals surface area contributed by atoms with Crippen molar-refractivity contribution < 1.29 is 24.6 Å². The van der Waals surface area contributed by atoms with E-state index in [-0.39, 0.29) is 17.4 Å². The average Bonchev–Trinajstić information content (AvgIpc) is 3.12. The van der Waals surface area contributed by atoms with E-state index >= 15 is 0 Å². The molecule has 164 valence electrons. The number of aromatic carboxylic acids is 1. The summed E-state index contributed by atoms with van der Waals surface area (Å²) < 4.78 is 0. The molecule has 1 aromatic heterocycles. The number of nitrogens with one attached hydrogen (secondary N) is 1. The number of aromatic amines is 1. The van der Waals surface area contributed by atoms with Crippen molar-refractivity contribution in [1.82, 2.24) is 10.0 Å². The molecule has 0 saturated carbocycles. The molecule has 0 bridgehead atoms. The number of fused-ring (bicyclic) bond motifs is 1. The van der Waals surface area contributed by atoms with Crippen LogP contribution in [-0.2, 0) is 4.84 Å². The zero-order chi connectivity index (χ0) is 22.9. The van der Waals surface area contributed by atoms with Crippen molar-refractivity contribution in [2.24, 2.45) is 4.99 Å². The fourth-order valence-corrected chi connectivity index (χ4v) is 3.71. The van der Waals surface area contributed by atoms with Crippen LogP contribution in [0.15, 0.2) is 77.8 Å². The standard InChI is InChI=1S/C25H19N3O5/c29-23-21(19-11-8-17(25(31)32)14-20(19)27-23)22(15-4-2-1-3-5-15)26-18-9-6-16(7-10-18)24(30)28-12-13-33-28/h1-11,14,27,29H,12-13H2,(H,31,32). The Hall–Kier alpha value is -4.43. The van der Waals surface area contributed by atoms with Gasteiger partial charge in [-0.05, 0) is 36.4 Å². The van der Waals surface area contributed by atoms with Gasteiger partial charge in [0.2, 0.25) is 0 Å². The van der Waals surface area contributed by atoms with E-state index < -0.39 is 5.97 Å². The van der Waals surface area contributed by atoms with Crippen LogP contribution in [0.25, 0.3) is 10.9 Å². The number of aromatic nitrogens is 1. The van der Waals surface area contributed by atoms with E-state index in [1.807, 2.05) is 30.3 Å². The molecule has 33 heavy (non-hydrogen) atoms. The lowest BCUT2D eigenvalue weighted by Gasteiger charge is -2.29. The number of carboxylic acid groups (broad SMARTS) is 1. The molecule has 0 radical (unpaired) electrons. The maximum Gasteiger partial charge on any atom is 0.335 e. The minimum Gasteiger partial charge on any atom is -0.494 e. The number of amides is 1. The highest BCUT2D eigenvalue weighted by molar-refractivity contribution is 6.22. The van der Waals surface area contributed by atoms with Gasteiger partial charge in [0.25, 0.3) is 5.91 Å². The molecule has 3 aromatic carbocycles. The molecule has 1 fully saturated rings. The summed E-state index contributed by atoms with van der Waals surface area (Å²) in [5, 5.41) is 22.0. The molecule has 4 aromatic rings. The van der Waals surface area contributed by atoms with Gasteiger partial charge in [-0.2, -0.15) is 0 Å². The van der Waals surface area contributed by atoms with Gasteiger partial charge in [-0.15, -0.1) is 0 Å². The zero-order valence-corrected chi connectivity index (χ0v) is 17.4. The Morgan fingerprint density at radius 2 is 1.64 bits per heavy atom. The number of hydroxylamine groups is 2. The van der Waals surface area contributed by atoms with E-state index in [4.69, 9.17) is 9.83 Å². The van der Waals surface area contributed by atoms with E-state index in [9.17, 15) is 19.8 Å². The molecule has 0 atom stereocenters. The third-order valence-corrected chi connectivity index (χ3v) is 5.43. The molecule has 1 saturated heterocycles. The summed E-state index contributed by atoms with van der Waals surface area (Å²) in [6, 6.07) is 20.8. The predicted molar refractivity (Wildman–Crippen MR) is 122 cm³/mol. The van der Waals surface area contributed by atoms with Gasteiger partial charge in [-0.3, -0.25) is 9.63 Å². The molecular weight excluding hydrogens is 422 g/mol. The Morgan fingerprint density at radius 1 is 0.939 bits per heavy atom. The molecule has 8 heteroatoms. The molecule has 1 amide bonds. The molecule has 5 rings (SSSR count). The maximum atomic E-state index is 12.3. The SMILES string of the molecule is O=C(O)c1ccc2c(C(=Nc3ccc(C(=O)N4CCO4)cc3)c3ccccc3)c(O)[nH]c2c1. The highest BCUT2D eigenvalue weighted by Crippen LogP contribution is 2.32. The molecule has 1 aliphatic rings. The second-order valence-corrected chi connectivity index (χ2v) is 7.53. The van der Waals surface area contributed by atoms with Gasteiger partial charge >= 0.3 is 5.97 Å². The first-order chi connectivity index (χ1) is 16.0. The first-order valence-corrected chi connectivity index (χ1v) is 10.3. The summed E-state index contributed by atoms with van der Waals surface area (Å²) in [6.45, 7) is 1.11. The fraction of sp³-hybridized carbons (Fsp3) is 0.0800. The number of carboxylic acids is 1. The number of nitrogens with zero attached hydrogens (tertiary/aromatic N) is 2. The van der Waals surface area contributed by atoms with Gasteiger partial charge in [-0.1, -0.05) is 36.4 Å². The minimum atomic E-state index is -1.05. The number of hydrogen-bond donors (Lipinski definition) is 3. The van der Waals surface area contributed by atoms with Gasteiger partial charge in [-0.25, -0.2) is 14.9 Å². The molecular formula is C25H19N3O5. The molecule has 0 aliphatic carbocycles. The molecule has 0 spiro atoms. The van der Waals surface area contributed by atoms with Crippen LogP contribution in [0.1, 0.15) is 31.8 Å². The first kappa shape index (κ1) is 20.5. The Labute approximate surface area is 188 Å². The zero-order valence-electron chi connectivity index (χ0n) is 17.4. The summed E-state index contributed by atoms with van der Waals surface area (Å²) in [6.07, 6.45) is 0. The highest BCUT2D eigenvalue weighted by atomic mass is 16.7. The van der Waals surface area contributed by atoms with E-state index in [0.717, 1.165) is 5.56 Å². The van der Waals surface area contributed by atoms with Gasteiger partial charge in [0.15, 0.2) is 5.88 Å². The van der Waals surface area contributed by atoms with Crippen molar-refractivity contribution in [2.45, 2.75) is 0 Å². The lowest BCUT2D eigenvalue weighted by molar-refractivity contribution is -0.207. The van der Waals surface area contributed by atoms with Crippen LogP contribution in [-0.4, -0.2) is 51.0 Å². The van der Waals surface area contributed by atoms with Crippen molar-refractivity contribution in [2.75, 3.05) is 13.2 Å². The monoisotopic (exact) mass is 441 g/mol. The van der Waals surface area contributed by atoms with Crippen LogP contribution in [0.5, 0.6) is 5.88 Å². The Morgan fingerprint density at radius 3 is 2.27 bits per heavy atom. The summed E-state index contributed by atoms with van der Waals surface area (Å²) in [4.78, 5) is 36.4. The number of carbonyl (C=O) groups is 2. The number of benzene rings is 3. The van der Waals surface area contributed by atoms with Gasteiger partial charge in [0.1, 0.15) is 0 Å². The lowest BCUT2D eigenvalue weighted by Crippen LogP contribution is -2.43. The highest BCUT2D eigenvalue weighted by Gasteiger charge is 2.23. The van der Waals surface area contributed by atoms with Crippen LogP contribution in [0.3, 0.4) is 0 Å². The summed E-state index contributed by atoms with van der Waals surface area (Å²) >= 11 is 0. The number of rotatable bonds is 5. The largest absolute Gasteiger partial charge is 0.494 e. The van der Waals surface area contributed by atoms with E-state index in [1.54, 1.807) is 30.3 Å². The fourth-order valence-electron chi connectivity index (χ4n) is 3.71. The number of aromatic hydroxyl groups is 1. The maximum absolute atomic E-state index is 12.3. The Kier molecular flexibility index (Phi) is 5.12. The number of H-pyrrole nitrogens is 1. The number of hydrogen-bond acceptors (Lipinski definition) is 5. The predicted octanol–water partition coefficient (Wildman–Crippen LogP) is 4.13. The van der Waals surface area contributed by atoms with Crippen LogP contribution in [0, 0.1) is 0 Å². The second-order valence-electron chi connectivity index (χ2n) is 7.53. The van der Waals surface area contributed by atoms with Gasteiger partial charge < -0.3 is 15.2 Å². The molecule has 0 unspecified atom stereocenters. The van der Waals surface area contributed by atoms with Gasteiger partial charge in [0, 0.05) is 22.0 Å². The van der Waals surface area contributed by atoms with Crippen LogP contribution < -0.4 is 0 Å². The topological polar surface area (TPSA) is 115 Å². The third kappa shape index (κ3) is 3.83. The Balaban J connectivity index is 1.60. The third-order valence-electron chi connectivity index (χ3n) is 5.43. The quantitative estimate of drug-likeness (QED) is 0.403. The van der Waals surface area contributed by atoms with E-state index in [0.29, 0.717) is 46.6 Å². The lowest BCUT2D eigenvalue weighted by atomic mass is 10.00. The Bertz CT molecular complexity index is 1390. The van der Waals surface area contributed by atoms with Crippen LogP contribution in [0.4, 0.5) is 5.69 Å². The summed E-state index contributed by atoms with van der Waals surface area (Å²) in [5.74, 6) is -1.37. The average molecular weight is 441 g/mol. The normalized spacial score (nSPS) is 13.7. The first-order valence-electron chi connectivity index (χ1n) is 10.3. The van der Waals surface area contributed by atoms with Crippen molar-refractivity contribution in [3.8, 4) is 5.88 Å². The van der Waals surface area contributed by atoms with Gasteiger partial charge in [0.05, 0.1) is 35.7 Å². The van der Waals surface area contributed by atoms with Crippen molar-refractivity contribution in [1.29, 1.82) is 0 Å². The van der Waals surface area contributed by atoms with Crippen molar-refractivity contribution >= 4 is 34.2 Å². The molecule has 2 heterocycles. The van der Waals surface area contributed by atoms with E-state index in [1.165, 1.54) is 17.2 Å². The summed E-state index contributed by atoms with van der Waals surface area (Å²) in [5.41, 5.74) is 3.42. The van der Waals surface area contributed by atoms with E-state index in [2.05, 4.69) is 4.98 Å². The smallest absolute Gasteiger partial charge is 0.335 e. The van der Waals surface area contributed by atoms with Crippen LogP contribution >= 0.6 is 0 Å². The molecule has 8 nitrogen and oxygen atoms in total. The molecule has 1 aliphatic heterocycles. The number of aliphatic imine (C=N–C) groups is 1. The van der Waals surface area contributed by atoms with Crippen molar-refractivity contribution in [3.63, 3.8) is 0 Å².